The van der Waals surface area contributed by atoms with Gasteiger partial charge in [0.2, 0.25) is 0 Å². The summed E-state index contributed by atoms with van der Waals surface area (Å²) in [6.07, 6.45) is 0.803. The van der Waals surface area contributed by atoms with Crippen molar-refractivity contribution in [2.75, 3.05) is 32.1 Å². The number of halogens is 2. The molecule has 0 aliphatic rings. The van der Waals surface area contributed by atoms with Crippen molar-refractivity contribution in [3.63, 3.8) is 0 Å². The van der Waals surface area contributed by atoms with Crippen LogP contribution >= 0.6 is 23.7 Å². The van der Waals surface area contributed by atoms with Crippen molar-refractivity contribution in [2.24, 2.45) is 0 Å². The first-order chi connectivity index (χ1) is 13.7. The maximum absolute atomic E-state index is 14.1. The Bertz CT molecular complexity index is 996. The van der Waals surface area contributed by atoms with E-state index in [2.05, 4.69) is 30.7 Å². The molecule has 4 nitrogen and oxygen atoms in total. The van der Waals surface area contributed by atoms with Crippen molar-refractivity contribution < 1.29 is 9.18 Å². The summed E-state index contributed by atoms with van der Waals surface area (Å²) in [5, 5.41) is 0.536. The summed E-state index contributed by atoms with van der Waals surface area (Å²) in [7, 11) is 4.01. The molecule has 3 aromatic rings. The molecule has 0 unspecified atom stereocenters. The van der Waals surface area contributed by atoms with Crippen molar-refractivity contribution in [2.45, 2.75) is 32.6 Å². The molecular weight excluding hydrogens is 421 g/mol. The molecule has 0 saturated carbocycles. The summed E-state index contributed by atoms with van der Waals surface area (Å²) in [4.78, 5) is 21.5. The van der Waals surface area contributed by atoms with Crippen LogP contribution in [0.15, 0.2) is 42.5 Å². The normalized spacial score (nSPS) is 11.6. The number of anilines is 1. The first kappa shape index (κ1) is 24.3. The summed E-state index contributed by atoms with van der Waals surface area (Å²) in [6.45, 7) is 7.82. The number of para-hydroxylation sites is 1. The molecule has 0 fully saturated rings. The van der Waals surface area contributed by atoms with Gasteiger partial charge in [-0.05, 0) is 62.3 Å². The zero-order chi connectivity index (χ0) is 21.2. The van der Waals surface area contributed by atoms with Crippen LogP contribution in [-0.4, -0.2) is 43.0 Å². The van der Waals surface area contributed by atoms with Crippen LogP contribution < -0.4 is 4.90 Å². The number of benzene rings is 2. The SMILES string of the molecule is CN(C)CCCN(C(=O)c1ccc(C(C)(C)C)cc1)c1nc2c(F)cccc2s1.Cl. The number of amides is 1. The molecule has 7 heteroatoms. The molecule has 0 bridgehead atoms. The van der Waals surface area contributed by atoms with Crippen LogP contribution in [0.1, 0.15) is 43.1 Å². The molecule has 0 aliphatic heterocycles. The van der Waals surface area contributed by atoms with Gasteiger partial charge in [-0.25, -0.2) is 9.37 Å². The molecule has 0 spiro atoms. The fourth-order valence-corrected chi connectivity index (χ4v) is 4.12. The highest BCUT2D eigenvalue weighted by Gasteiger charge is 2.23. The van der Waals surface area contributed by atoms with Crippen LogP contribution in [0.5, 0.6) is 0 Å². The minimum absolute atomic E-state index is 0. The smallest absolute Gasteiger partial charge is 0.260 e. The van der Waals surface area contributed by atoms with Crippen molar-refractivity contribution >= 4 is 45.0 Å². The van der Waals surface area contributed by atoms with Crippen molar-refractivity contribution in [3.8, 4) is 0 Å². The van der Waals surface area contributed by atoms with E-state index in [-0.39, 0.29) is 29.5 Å². The van der Waals surface area contributed by atoms with Gasteiger partial charge in [0.05, 0.1) is 4.70 Å². The standard InChI is InChI=1S/C23H28FN3OS.ClH/c1-23(2,3)17-12-10-16(11-13-17)21(28)27(15-7-14-26(4)5)22-25-20-18(24)8-6-9-19(20)29-22;/h6,8-13H,7,14-15H2,1-5H3;1H. The largest absolute Gasteiger partial charge is 0.309 e. The number of thiazole rings is 1. The highest BCUT2D eigenvalue weighted by molar-refractivity contribution is 7.22. The van der Waals surface area contributed by atoms with E-state index < -0.39 is 0 Å². The summed E-state index contributed by atoms with van der Waals surface area (Å²) in [5.41, 5.74) is 2.14. The third-order valence-electron chi connectivity index (χ3n) is 4.82. The minimum atomic E-state index is -0.361. The fourth-order valence-electron chi connectivity index (χ4n) is 3.12. The van der Waals surface area contributed by atoms with Gasteiger partial charge in [-0.2, -0.15) is 0 Å². The number of carbonyl (C=O) groups excluding carboxylic acids is 1. The number of rotatable bonds is 6. The van der Waals surface area contributed by atoms with Gasteiger partial charge >= 0.3 is 0 Å². The van der Waals surface area contributed by atoms with Crippen LogP contribution in [0.4, 0.5) is 9.52 Å². The molecule has 1 amide bonds. The van der Waals surface area contributed by atoms with Crippen LogP contribution in [0.2, 0.25) is 0 Å². The Morgan fingerprint density at radius 3 is 2.30 bits per heavy atom. The molecular formula is C23H29ClFN3OS. The van der Waals surface area contributed by atoms with E-state index in [0.29, 0.717) is 22.8 Å². The van der Waals surface area contributed by atoms with Gasteiger partial charge in [-0.15, -0.1) is 12.4 Å². The second-order valence-electron chi connectivity index (χ2n) is 8.52. The second kappa shape index (κ2) is 9.86. The Balaban J connectivity index is 0.00000320. The van der Waals surface area contributed by atoms with E-state index in [1.807, 2.05) is 44.4 Å². The molecule has 30 heavy (non-hydrogen) atoms. The number of hydrogen-bond donors (Lipinski definition) is 0. The molecule has 0 radical (unpaired) electrons. The molecule has 0 aliphatic carbocycles. The van der Waals surface area contributed by atoms with Gasteiger partial charge in [0.15, 0.2) is 5.13 Å². The van der Waals surface area contributed by atoms with Crippen LogP contribution in [0.3, 0.4) is 0 Å². The Morgan fingerprint density at radius 1 is 1.07 bits per heavy atom. The molecule has 2 aromatic carbocycles. The van der Waals surface area contributed by atoms with Crippen molar-refractivity contribution in [1.82, 2.24) is 9.88 Å². The van der Waals surface area contributed by atoms with Gasteiger partial charge in [0.1, 0.15) is 11.3 Å². The molecule has 1 heterocycles. The summed E-state index contributed by atoms with van der Waals surface area (Å²) in [5.74, 6) is -0.469. The second-order valence-corrected chi connectivity index (χ2v) is 9.53. The Morgan fingerprint density at radius 2 is 1.73 bits per heavy atom. The van der Waals surface area contributed by atoms with E-state index in [1.165, 1.54) is 23.0 Å². The number of fused-ring (bicyclic) bond motifs is 1. The minimum Gasteiger partial charge on any atom is -0.309 e. The molecule has 162 valence electrons. The first-order valence-corrected chi connectivity index (χ1v) is 10.6. The predicted octanol–water partition coefficient (Wildman–Crippen LogP) is 5.75. The summed E-state index contributed by atoms with van der Waals surface area (Å²) < 4.78 is 14.9. The van der Waals surface area contributed by atoms with Gasteiger partial charge < -0.3 is 4.90 Å². The average molecular weight is 450 g/mol. The first-order valence-electron chi connectivity index (χ1n) is 9.79. The van der Waals surface area contributed by atoms with Crippen LogP contribution in [-0.2, 0) is 5.41 Å². The zero-order valence-electron chi connectivity index (χ0n) is 18.1. The van der Waals surface area contributed by atoms with Crippen molar-refractivity contribution in [3.05, 3.63) is 59.4 Å². The average Bonchev–Trinajstić information content (AvgIpc) is 3.09. The Labute approximate surface area is 188 Å². The third-order valence-corrected chi connectivity index (χ3v) is 5.86. The molecule has 3 rings (SSSR count). The molecule has 0 saturated heterocycles. The van der Waals surface area contributed by atoms with E-state index in [0.717, 1.165) is 17.7 Å². The van der Waals surface area contributed by atoms with Gasteiger partial charge in [-0.3, -0.25) is 9.69 Å². The lowest BCUT2D eigenvalue weighted by molar-refractivity contribution is 0.0986. The van der Waals surface area contributed by atoms with Gasteiger partial charge in [0, 0.05) is 12.1 Å². The number of carbonyl (C=O) groups is 1. The van der Waals surface area contributed by atoms with Gasteiger partial charge in [-0.1, -0.05) is 50.3 Å². The number of hydrogen-bond acceptors (Lipinski definition) is 4. The topological polar surface area (TPSA) is 36.4 Å². The van der Waals surface area contributed by atoms with E-state index >= 15 is 0 Å². The highest BCUT2D eigenvalue weighted by Crippen LogP contribution is 2.31. The quantitative estimate of drug-likeness (QED) is 0.480. The third kappa shape index (κ3) is 5.56. The Hall–Kier alpha value is -2.02. The predicted molar refractivity (Wildman–Crippen MR) is 127 cm³/mol. The maximum Gasteiger partial charge on any atom is 0.260 e. The summed E-state index contributed by atoms with van der Waals surface area (Å²) >= 11 is 1.35. The lowest BCUT2D eigenvalue weighted by Gasteiger charge is -2.22. The summed E-state index contributed by atoms with van der Waals surface area (Å²) in [6, 6.07) is 12.6. The Kier molecular flexibility index (Phi) is 7.97. The van der Waals surface area contributed by atoms with E-state index in [4.69, 9.17) is 0 Å². The lowest BCUT2D eigenvalue weighted by atomic mass is 9.86. The van der Waals surface area contributed by atoms with Gasteiger partial charge in [0.25, 0.3) is 5.91 Å². The lowest BCUT2D eigenvalue weighted by Crippen LogP contribution is -2.33. The number of nitrogens with zero attached hydrogens (tertiary/aromatic N) is 3. The fraction of sp³-hybridized carbons (Fsp3) is 0.391. The highest BCUT2D eigenvalue weighted by atomic mass is 35.5. The zero-order valence-corrected chi connectivity index (χ0v) is 19.7. The van der Waals surface area contributed by atoms with Crippen LogP contribution in [0.25, 0.3) is 10.2 Å². The van der Waals surface area contributed by atoms with Crippen LogP contribution in [0, 0.1) is 5.82 Å². The maximum atomic E-state index is 14.1. The van der Waals surface area contributed by atoms with E-state index in [9.17, 15) is 9.18 Å². The molecule has 1 aromatic heterocycles. The monoisotopic (exact) mass is 449 g/mol. The van der Waals surface area contributed by atoms with E-state index in [1.54, 1.807) is 11.0 Å². The molecule has 0 N–H and O–H groups in total. The van der Waals surface area contributed by atoms with Crippen molar-refractivity contribution in [1.29, 1.82) is 0 Å². The number of aromatic nitrogens is 1. The molecule has 0 atom stereocenters.